The number of rotatable bonds is 0. The van der Waals surface area contributed by atoms with Crippen LogP contribution in [0, 0.1) is 17.8 Å². The number of allylic oxidation sites excluding steroid dienone is 1. The summed E-state index contributed by atoms with van der Waals surface area (Å²) in [4.78, 5) is 24.0. The van der Waals surface area contributed by atoms with Crippen LogP contribution >= 0.6 is 0 Å². The molecule has 0 bridgehead atoms. The highest BCUT2D eigenvalue weighted by Gasteiger charge is 2.55. The summed E-state index contributed by atoms with van der Waals surface area (Å²) >= 11 is 0. The number of hydrogen-bond acceptors (Lipinski definition) is 5. The fourth-order valence-electron chi connectivity index (χ4n) is 3.85. The summed E-state index contributed by atoms with van der Waals surface area (Å²) in [5.74, 6) is -2.13. The van der Waals surface area contributed by atoms with Crippen LogP contribution in [0.5, 0.6) is 0 Å². The van der Waals surface area contributed by atoms with E-state index in [9.17, 15) is 19.8 Å². The summed E-state index contributed by atoms with van der Waals surface area (Å²) in [6.45, 7) is 5.22. The van der Waals surface area contributed by atoms with Gasteiger partial charge >= 0.3 is 5.97 Å². The molecule has 3 aliphatic rings. The average molecular weight is 278 g/mol. The van der Waals surface area contributed by atoms with Crippen molar-refractivity contribution in [1.82, 2.24) is 0 Å². The molecule has 0 aromatic rings. The van der Waals surface area contributed by atoms with E-state index in [1.807, 2.05) is 0 Å². The number of hydrogen-bond donors (Lipinski definition) is 2. The van der Waals surface area contributed by atoms with Crippen molar-refractivity contribution in [1.29, 1.82) is 0 Å². The van der Waals surface area contributed by atoms with Gasteiger partial charge in [0.15, 0.2) is 5.76 Å². The van der Waals surface area contributed by atoms with Crippen molar-refractivity contribution in [2.75, 3.05) is 0 Å². The van der Waals surface area contributed by atoms with Crippen LogP contribution in [0.1, 0.15) is 27.2 Å². The average Bonchev–Trinajstić information content (AvgIpc) is 2.74. The first-order valence-electron chi connectivity index (χ1n) is 6.87. The van der Waals surface area contributed by atoms with Gasteiger partial charge in [0.2, 0.25) is 5.78 Å². The van der Waals surface area contributed by atoms with Gasteiger partial charge in [-0.05, 0) is 25.8 Å². The molecule has 1 heterocycles. The van der Waals surface area contributed by atoms with E-state index in [2.05, 4.69) is 0 Å². The Morgan fingerprint density at radius 2 is 1.90 bits per heavy atom. The van der Waals surface area contributed by atoms with Crippen molar-refractivity contribution in [2.45, 2.75) is 39.4 Å². The van der Waals surface area contributed by atoms with Crippen molar-refractivity contribution >= 4 is 11.8 Å². The molecule has 108 valence electrons. The van der Waals surface area contributed by atoms with E-state index in [0.29, 0.717) is 17.6 Å². The second-order valence-corrected chi connectivity index (χ2v) is 6.07. The number of carbonyl (C=O) groups is 2. The monoisotopic (exact) mass is 278 g/mol. The van der Waals surface area contributed by atoms with E-state index in [1.165, 1.54) is 0 Å². The van der Waals surface area contributed by atoms with Crippen LogP contribution in [0.2, 0.25) is 0 Å². The van der Waals surface area contributed by atoms with Gasteiger partial charge in [0.25, 0.3) is 0 Å². The first-order chi connectivity index (χ1) is 9.34. The van der Waals surface area contributed by atoms with Crippen molar-refractivity contribution in [2.24, 2.45) is 17.8 Å². The fourth-order valence-corrected chi connectivity index (χ4v) is 3.85. The van der Waals surface area contributed by atoms with Crippen molar-refractivity contribution in [3.63, 3.8) is 0 Å². The van der Waals surface area contributed by atoms with Gasteiger partial charge in [-0.25, -0.2) is 0 Å². The van der Waals surface area contributed by atoms with Gasteiger partial charge in [0.1, 0.15) is 6.10 Å². The Labute approximate surface area is 116 Å². The summed E-state index contributed by atoms with van der Waals surface area (Å²) in [6.07, 6.45) is -0.934. The minimum atomic E-state index is -0.706. The van der Waals surface area contributed by atoms with E-state index in [4.69, 9.17) is 4.74 Å². The number of fused-ring (bicyclic) bond motifs is 3. The molecule has 2 aliphatic carbocycles. The maximum absolute atomic E-state index is 12.2. The Morgan fingerprint density at radius 1 is 1.25 bits per heavy atom. The van der Waals surface area contributed by atoms with Crippen LogP contribution in [0.3, 0.4) is 0 Å². The number of carbonyl (C=O) groups excluding carboxylic acids is 2. The van der Waals surface area contributed by atoms with Crippen LogP contribution in [0.4, 0.5) is 0 Å². The second kappa shape index (κ2) is 4.19. The Hall–Kier alpha value is -1.62. The van der Waals surface area contributed by atoms with E-state index in [0.717, 1.165) is 5.57 Å². The second-order valence-electron chi connectivity index (χ2n) is 6.07. The molecule has 1 saturated heterocycles. The van der Waals surface area contributed by atoms with Crippen LogP contribution in [-0.4, -0.2) is 34.2 Å². The normalized spacial score (nSPS) is 40.7. The zero-order valence-corrected chi connectivity index (χ0v) is 11.7. The van der Waals surface area contributed by atoms with Crippen molar-refractivity contribution < 1.29 is 24.5 Å². The van der Waals surface area contributed by atoms with E-state index < -0.39 is 29.8 Å². The zero-order valence-electron chi connectivity index (χ0n) is 11.7. The number of ketones is 1. The molecule has 0 spiro atoms. The molecule has 0 aromatic heterocycles. The molecular formula is C15H18O5. The molecule has 5 heteroatoms. The van der Waals surface area contributed by atoms with Crippen molar-refractivity contribution in [3.8, 4) is 0 Å². The van der Waals surface area contributed by atoms with Crippen molar-refractivity contribution in [3.05, 3.63) is 22.5 Å². The molecule has 2 N–H and O–H groups in total. The lowest BCUT2D eigenvalue weighted by molar-refractivity contribution is -0.144. The lowest BCUT2D eigenvalue weighted by atomic mass is 9.80. The first kappa shape index (κ1) is 13.4. The third kappa shape index (κ3) is 1.53. The van der Waals surface area contributed by atoms with Gasteiger partial charge in [0.05, 0.1) is 17.9 Å². The van der Waals surface area contributed by atoms with E-state index in [1.54, 1.807) is 20.8 Å². The van der Waals surface area contributed by atoms with Crippen LogP contribution in [-0.2, 0) is 14.3 Å². The third-order valence-electron chi connectivity index (χ3n) is 4.94. The third-order valence-corrected chi connectivity index (χ3v) is 4.94. The number of ether oxygens (including phenoxy) is 1. The summed E-state index contributed by atoms with van der Waals surface area (Å²) in [5, 5.41) is 20.3. The highest BCUT2D eigenvalue weighted by molar-refractivity contribution is 6.11. The molecule has 3 rings (SSSR count). The highest BCUT2D eigenvalue weighted by atomic mass is 16.6. The van der Waals surface area contributed by atoms with Crippen LogP contribution < -0.4 is 0 Å². The number of aliphatic hydroxyl groups excluding tert-OH is 2. The van der Waals surface area contributed by atoms with E-state index in [-0.39, 0.29) is 17.6 Å². The molecule has 5 atom stereocenters. The molecule has 0 unspecified atom stereocenters. The smallest absolute Gasteiger partial charge is 0.309 e. The number of esters is 1. The van der Waals surface area contributed by atoms with Crippen LogP contribution in [0.15, 0.2) is 22.5 Å². The predicted molar refractivity (Wildman–Crippen MR) is 69.7 cm³/mol. The maximum atomic E-state index is 12.2. The molecular weight excluding hydrogens is 260 g/mol. The SMILES string of the molecule is CC1=C2C(=O)C(O)=C(C)[C@@H]2[C@@H]2OC(=O)[C@@H](C)[C@@H]2[C@@H](O)C1. The molecule has 0 aromatic carbocycles. The van der Waals surface area contributed by atoms with Gasteiger partial charge in [-0.15, -0.1) is 0 Å². The minimum Gasteiger partial charge on any atom is -0.504 e. The molecule has 0 amide bonds. The minimum absolute atomic E-state index is 0.241. The molecule has 0 saturated carbocycles. The predicted octanol–water partition coefficient (Wildman–Crippen LogP) is 1.28. The van der Waals surface area contributed by atoms with Crippen LogP contribution in [0.25, 0.3) is 0 Å². The lowest BCUT2D eigenvalue weighted by Crippen LogP contribution is -2.35. The van der Waals surface area contributed by atoms with Gasteiger partial charge in [-0.3, -0.25) is 9.59 Å². The maximum Gasteiger partial charge on any atom is 0.309 e. The molecule has 0 radical (unpaired) electrons. The Balaban J connectivity index is 2.15. The first-order valence-corrected chi connectivity index (χ1v) is 6.87. The topological polar surface area (TPSA) is 83.8 Å². The number of Topliss-reactive ketones (excluding diaryl/α,β-unsaturated/α-hetero) is 1. The molecule has 1 fully saturated rings. The van der Waals surface area contributed by atoms with Gasteiger partial charge in [-0.1, -0.05) is 12.5 Å². The highest BCUT2D eigenvalue weighted by Crippen LogP contribution is 2.48. The summed E-state index contributed by atoms with van der Waals surface area (Å²) in [6, 6.07) is 0. The lowest BCUT2D eigenvalue weighted by Gasteiger charge is -2.26. The van der Waals surface area contributed by atoms with Gasteiger partial charge in [0, 0.05) is 11.5 Å². The molecule has 20 heavy (non-hydrogen) atoms. The fraction of sp³-hybridized carbons (Fsp3) is 0.600. The summed E-state index contributed by atoms with van der Waals surface area (Å²) < 4.78 is 5.43. The number of aliphatic hydroxyl groups is 2. The Morgan fingerprint density at radius 3 is 2.55 bits per heavy atom. The largest absolute Gasteiger partial charge is 0.504 e. The molecule has 5 nitrogen and oxygen atoms in total. The standard InChI is InChI=1S/C15H18O5/c1-5-4-8(16)10-7(3)15(19)20-14(10)11-6(2)12(17)13(18)9(5)11/h7-8,10-11,14,16-17H,4H2,1-3H3/t7-,8-,10+,11-,14+/m0/s1. The quantitative estimate of drug-likeness (QED) is 0.652. The summed E-state index contributed by atoms with van der Waals surface area (Å²) in [7, 11) is 0. The Bertz CT molecular complexity index is 571. The van der Waals surface area contributed by atoms with Gasteiger partial charge < -0.3 is 14.9 Å². The van der Waals surface area contributed by atoms with E-state index >= 15 is 0 Å². The molecule has 1 aliphatic heterocycles. The van der Waals surface area contributed by atoms with Gasteiger partial charge in [-0.2, -0.15) is 0 Å². The Kier molecular flexibility index (Phi) is 2.80. The summed E-state index contributed by atoms with van der Waals surface area (Å²) in [5.41, 5.74) is 1.80. The zero-order chi connectivity index (χ0) is 14.8.